The van der Waals surface area contributed by atoms with E-state index < -0.39 is 21.3 Å². The maximum absolute atomic E-state index is 12.4. The molecule has 0 saturated carbocycles. The van der Waals surface area contributed by atoms with E-state index in [-0.39, 0.29) is 6.10 Å². The summed E-state index contributed by atoms with van der Waals surface area (Å²) in [4.78, 5) is 0. The second-order valence-corrected chi connectivity index (χ2v) is 6.94. The molecule has 1 atom stereocenters. The van der Waals surface area contributed by atoms with E-state index >= 15 is 0 Å². The Kier molecular flexibility index (Phi) is 8.09. The molecular weight excluding hydrogens is 313 g/mol. The Balaban J connectivity index is 2.27. The van der Waals surface area contributed by atoms with Crippen molar-refractivity contribution in [1.82, 2.24) is 0 Å². The molecule has 7 heteroatoms. The number of rotatable bonds is 9. The number of halogens is 3. The highest BCUT2D eigenvalue weighted by molar-refractivity contribution is 6.36. The normalized spacial score (nSPS) is 13.6. The zero-order valence-electron chi connectivity index (χ0n) is 13.2. The molecule has 22 heavy (non-hydrogen) atoms. The molecule has 0 amide bonds. The summed E-state index contributed by atoms with van der Waals surface area (Å²) in [7, 11) is 1.14. The summed E-state index contributed by atoms with van der Waals surface area (Å²) in [5.74, 6) is 0. The van der Waals surface area contributed by atoms with E-state index in [1.54, 1.807) is 26.4 Å². The third kappa shape index (κ3) is 6.91. The first-order valence-corrected chi connectivity index (χ1v) is 8.65. The summed E-state index contributed by atoms with van der Waals surface area (Å²) in [5.41, 5.74) is 0.316. The quantitative estimate of drug-likeness (QED) is 0.507. The molecule has 0 saturated heterocycles. The van der Waals surface area contributed by atoms with Crippen molar-refractivity contribution in [3.63, 3.8) is 0 Å². The van der Waals surface area contributed by atoms with Crippen molar-refractivity contribution in [2.24, 2.45) is 0 Å². The Hall–Kier alpha value is -0.893. The maximum atomic E-state index is 12.4. The van der Waals surface area contributed by atoms with Crippen molar-refractivity contribution in [3.8, 4) is 0 Å². The van der Waals surface area contributed by atoms with Crippen LogP contribution in [0.1, 0.15) is 37.3 Å². The van der Waals surface area contributed by atoms with Crippen molar-refractivity contribution in [3.05, 3.63) is 35.4 Å². The van der Waals surface area contributed by atoms with E-state index in [4.69, 9.17) is 13.3 Å². The zero-order valence-corrected chi connectivity index (χ0v) is 14.3. The fraction of sp³-hybridized carbons (Fsp3) is 0.600. The number of alkyl halides is 3. The minimum Gasteiger partial charge on any atom is -0.379 e. The number of benzene rings is 1. The first kappa shape index (κ1) is 19.2. The Morgan fingerprint density at radius 1 is 1.05 bits per heavy atom. The molecule has 0 spiro atoms. The largest absolute Gasteiger partial charge is 0.483 e. The van der Waals surface area contributed by atoms with Crippen LogP contribution >= 0.6 is 0 Å². The lowest BCUT2D eigenvalue weighted by Crippen LogP contribution is -2.28. The average molecular weight is 336 g/mol. The number of hydrogen-bond donors (Lipinski definition) is 0. The van der Waals surface area contributed by atoms with E-state index in [1.165, 1.54) is 0 Å². The monoisotopic (exact) mass is 336 g/mol. The number of hydrogen-bond acceptors (Lipinski definition) is 3. The van der Waals surface area contributed by atoms with Crippen LogP contribution in [-0.4, -0.2) is 29.9 Å². The van der Waals surface area contributed by atoms with Crippen LogP contribution in [0.5, 0.6) is 0 Å². The number of unbranched alkanes of at least 4 members (excludes halogenated alkanes) is 1. The highest BCUT2D eigenvalue weighted by Gasteiger charge is 2.29. The minimum absolute atomic E-state index is 0.0594. The van der Waals surface area contributed by atoms with Crippen LogP contribution in [0, 0.1) is 0 Å². The van der Waals surface area contributed by atoms with E-state index in [2.05, 4.69) is 0 Å². The molecule has 0 bridgehead atoms. The van der Waals surface area contributed by atoms with Gasteiger partial charge in [-0.1, -0.05) is 18.6 Å². The molecule has 1 rings (SSSR count). The SMILES string of the molecule is CO[SiH](OC)OC(C)CCCCc1ccc(C(F)(F)F)cc1. The third-order valence-corrected chi connectivity index (χ3v) is 4.79. The fourth-order valence-electron chi connectivity index (χ4n) is 2.09. The molecule has 3 nitrogen and oxygen atoms in total. The van der Waals surface area contributed by atoms with Gasteiger partial charge in [0.05, 0.1) is 5.56 Å². The van der Waals surface area contributed by atoms with Gasteiger partial charge in [-0.15, -0.1) is 0 Å². The van der Waals surface area contributed by atoms with E-state index in [0.29, 0.717) is 0 Å². The maximum Gasteiger partial charge on any atom is 0.483 e. The Labute approximate surface area is 131 Å². The first-order valence-electron chi connectivity index (χ1n) is 7.24. The highest BCUT2D eigenvalue weighted by atomic mass is 28.3. The summed E-state index contributed by atoms with van der Waals surface area (Å²) in [5, 5.41) is 0. The van der Waals surface area contributed by atoms with Gasteiger partial charge in [0.15, 0.2) is 0 Å². The lowest BCUT2D eigenvalue weighted by atomic mass is 10.0. The van der Waals surface area contributed by atoms with Crippen molar-refractivity contribution in [2.45, 2.75) is 44.9 Å². The molecular formula is C15H23F3O3Si. The van der Waals surface area contributed by atoms with E-state index in [0.717, 1.165) is 43.4 Å². The molecule has 0 fully saturated rings. The van der Waals surface area contributed by atoms with E-state index in [1.807, 2.05) is 6.92 Å². The van der Waals surface area contributed by atoms with E-state index in [9.17, 15) is 13.2 Å². The summed E-state index contributed by atoms with van der Waals surface area (Å²) in [6, 6.07) is 5.35. The Morgan fingerprint density at radius 2 is 1.64 bits per heavy atom. The van der Waals surface area contributed by atoms with Crippen molar-refractivity contribution in [1.29, 1.82) is 0 Å². The van der Waals surface area contributed by atoms with Gasteiger partial charge in [0, 0.05) is 20.3 Å². The van der Waals surface area contributed by atoms with Gasteiger partial charge in [0.2, 0.25) is 0 Å². The molecule has 0 aliphatic carbocycles. The van der Waals surface area contributed by atoms with Gasteiger partial charge in [-0.2, -0.15) is 13.2 Å². The molecule has 0 aliphatic rings. The van der Waals surface area contributed by atoms with Crippen LogP contribution in [0.2, 0.25) is 0 Å². The van der Waals surface area contributed by atoms with Crippen molar-refractivity contribution in [2.75, 3.05) is 14.2 Å². The Morgan fingerprint density at radius 3 is 2.14 bits per heavy atom. The predicted molar refractivity (Wildman–Crippen MR) is 80.7 cm³/mol. The average Bonchev–Trinajstić information content (AvgIpc) is 2.48. The summed E-state index contributed by atoms with van der Waals surface area (Å²) in [6.07, 6.45) is -0.725. The van der Waals surface area contributed by atoms with Gasteiger partial charge >= 0.3 is 15.7 Å². The summed E-state index contributed by atoms with van der Waals surface area (Å²) >= 11 is 0. The Bertz CT molecular complexity index is 419. The first-order chi connectivity index (χ1) is 10.4. The van der Waals surface area contributed by atoms with Crippen molar-refractivity contribution >= 4 is 9.53 Å². The van der Waals surface area contributed by atoms with Gasteiger partial charge in [-0.3, -0.25) is 0 Å². The highest BCUT2D eigenvalue weighted by Crippen LogP contribution is 2.29. The molecule has 0 heterocycles. The smallest absolute Gasteiger partial charge is 0.379 e. The second kappa shape index (κ2) is 9.29. The molecule has 0 radical (unpaired) electrons. The molecule has 0 N–H and O–H groups in total. The van der Waals surface area contributed by atoms with Crippen LogP contribution in [0.3, 0.4) is 0 Å². The van der Waals surface area contributed by atoms with Gasteiger partial charge in [0.1, 0.15) is 0 Å². The molecule has 0 aromatic heterocycles. The van der Waals surface area contributed by atoms with Crippen LogP contribution in [0.15, 0.2) is 24.3 Å². The van der Waals surface area contributed by atoms with Crippen LogP contribution < -0.4 is 0 Å². The second-order valence-electron chi connectivity index (χ2n) is 5.15. The lowest BCUT2D eigenvalue weighted by molar-refractivity contribution is -0.137. The third-order valence-electron chi connectivity index (χ3n) is 3.34. The summed E-state index contributed by atoms with van der Waals surface area (Å²) in [6.45, 7) is 1.97. The molecule has 1 unspecified atom stereocenters. The summed E-state index contributed by atoms with van der Waals surface area (Å²) < 4.78 is 53.1. The zero-order chi connectivity index (χ0) is 16.6. The van der Waals surface area contributed by atoms with Crippen molar-refractivity contribution < 1.29 is 26.4 Å². The van der Waals surface area contributed by atoms with Gasteiger partial charge < -0.3 is 13.3 Å². The molecule has 1 aromatic rings. The topological polar surface area (TPSA) is 27.7 Å². The number of aryl methyl sites for hydroxylation is 1. The van der Waals surface area contributed by atoms with Crippen LogP contribution in [0.4, 0.5) is 13.2 Å². The van der Waals surface area contributed by atoms with Crippen LogP contribution in [0.25, 0.3) is 0 Å². The van der Waals surface area contributed by atoms with Gasteiger partial charge in [-0.05, 0) is 43.9 Å². The minimum atomic E-state index is -4.27. The van der Waals surface area contributed by atoms with Gasteiger partial charge in [0.25, 0.3) is 0 Å². The molecule has 126 valence electrons. The molecule has 0 aliphatic heterocycles. The standard InChI is InChI=1S/C15H23F3O3Si/c1-12(21-22(19-2)20-3)6-4-5-7-13-8-10-14(11-9-13)15(16,17)18/h8-12,22H,4-7H2,1-3H3. The van der Waals surface area contributed by atoms with Gasteiger partial charge in [-0.25, -0.2) is 0 Å². The van der Waals surface area contributed by atoms with Crippen LogP contribution in [-0.2, 0) is 25.9 Å². The lowest BCUT2D eigenvalue weighted by Gasteiger charge is -2.17. The predicted octanol–water partition coefficient (Wildman–Crippen LogP) is 3.83. The molecule has 1 aromatic carbocycles. The fourth-order valence-corrected chi connectivity index (χ4v) is 3.02.